The number of hydrogen-bond donors (Lipinski definition) is 1. The van der Waals surface area contributed by atoms with Crippen molar-refractivity contribution in [2.45, 2.75) is 26.4 Å². The van der Waals surface area contributed by atoms with Gasteiger partial charge in [-0.05, 0) is 19.5 Å². The molecule has 0 aliphatic rings. The lowest BCUT2D eigenvalue weighted by Gasteiger charge is -2.22. The molecule has 0 aromatic heterocycles. The molecule has 0 aliphatic carbocycles. The number of hydrogen-bond acceptors (Lipinski definition) is 4. The fraction of sp³-hybridized carbons (Fsp3) is 1.00. The average molecular weight is 222 g/mol. The fourth-order valence-electron chi connectivity index (χ4n) is 0.926. The van der Waals surface area contributed by atoms with Gasteiger partial charge in [-0.25, -0.2) is 0 Å². The van der Waals surface area contributed by atoms with Crippen molar-refractivity contribution in [1.82, 2.24) is 0 Å². The van der Waals surface area contributed by atoms with Gasteiger partial charge in [0.1, 0.15) is 0 Å². The fourth-order valence-corrected chi connectivity index (χ4v) is 2.17. The molecule has 0 aliphatic heterocycles. The Morgan fingerprint density at radius 3 is 2.21 bits per heavy atom. The van der Waals surface area contributed by atoms with Gasteiger partial charge in [0, 0.05) is 6.61 Å². The van der Waals surface area contributed by atoms with Crippen molar-refractivity contribution in [3.8, 4) is 0 Å². The van der Waals surface area contributed by atoms with E-state index in [1.54, 1.807) is 0 Å². The topological polar surface area (TPSA) is 47.9 Å². The van der Waals surface area contributed by atoms with Crippen LogP contribution in [-0.4, -0.2) is 46.7 Å². The lowest BCUT2D eigenvalue weighted by atomic mass is 10.5. The van der Waals surface area contributed by atoms with Crippen LogP contribution in [0.3, 0.4) is 0 Å². The zero-order valence-corrected chi connectivity index (χ0v) is 10.4. The summed E-state index contributed by atoms with van der Waals surface area (Å²) in [4.78, 5) is 0. The zero-order chi connectivity index (χ0) is 10.9. The van der Waals surface area contributed by atoms with Crippen molar-refractivity contribution in [3.05, 3.63) is 0 Å². The molecule has 0 spiro atoms. The second kappa shape index (κ2) is 8.37. The van der Waals surface area contributed by atoms with Crippen LogP contribution in [0.1, 0.15) is 13.3 Å². The SMILES string of the molecule is CCCOCCO[Si](C)(C)OCCO. The van der Waals surface area contributed by atoms with Crippen LogP contribution < -0.4 is 0 Å². The van der Waals surface area contributed by atoms with Crippen LogP contribution in [0.2, 0.25) is 13.1 Å². The van der Waals surface area contributed by atoms with Crippen molar-refractivity contribution in [3.63, 3.8) is 0 Å². The molecule has 86 valence electrons. The first-order valence-electron chi connectivity index (χ1n) is 5.09. The van der Waals surface area contributed by atoms with Gasteiger partial charge in [-0.15, -0.1) is 0 Å². The van der Waals surface area contributed by atoms with E-state index in [0.29, 0.717) is 19.8 Å². The number of aliphatic hydroxyl groups is 1. The van der Waals surface area contributed by atoms with Gasteiger partial charge in [-0.1, -0.05) is 6.92 Å². The molecular formula is C9H22O4Si. The normalized spacial score (nSPS) is 12.0. The van der Waals surface area contributed by atoms with Crippen LogP contribution in [0.25, 0.3) is 0 Å². The molecule has 0 saturated heterocycles. The minimum Gasteiger partial charge on any atom is -0.394 e. The molecule has 0 unspecified atom stereocenters. The first kappa shape index (κ1) is 14.1. The Kier molecular flexibility index (Phi) is 8.41. The van der Waals surface area contributed by atoms with E-state index in [1.807, 2.05) is 13.1 Å². The van der Waals surface area contributed by atoms with Crippen LogP contribution in [0.4, 0.5) is 0 Å². The Hall–Kier alpha value is 0.0569. The van der Waals surface area contributed by atoms with Crippen molar-refractivity contribution >= 4 is 8.56 Å². The summed E-state index contributed by atoms with van der Waals surface area (Å²) in [5.74, 6) is 0. The third-order valence-electron chi connectivity index (χ3n) is 1.57. The van der Waals surface area contributed by atoms with E-state index in [1.165, 1.54) is 0 Å². The van der Waals surface area contributed by atoms with Gasteiger partial charge >= 0.3 is 8.56 Å². The van der Waals surface area contributed by atoms with Crippen molar-refractivity contribution in [2.75, 3.05) is 33.0 Å². The summed E-state index contributed by atoms with van der Waals surface area (Å²) in [6.45, 7) is 8.37. The van der Waals surface area contributed by atoms with E-state index in [-0.39, 0.29) is 6.61 Å². The summed E-state index contributed by atoms with van der Waals surface area (Å²) >= 11 is 0. The summed E-state index contributed by atoms with van der Waals surface area (Å²) in [6, 6.07) is 0. The zero-order valence-electron chi connectivity index (χ0n) is 9.41. The molecule has 0 aromatic rings. The van der Waals surface area contributed by atoms with E-state index >= 15 is 0 Å². The summed E-state index contributed by atoms with van der Waals surface area (Å²) in [7, 11) is -2.02. The Bertz CT molecular complexity index is 130. The Balaban J connectivity index is 3.35. The first-order chi connectivity index (χ1) is 6.62. The third kappa shape index (κ3) is 8.65. The van der Waals surface area contributed by atoms with Gasteiger partial charge in [0.2, 0.25) is 0 Å². The molecule has 0 atom stereocenters. The highest BCUT2D eigenvalue weighted by Gasteiger charge is 2.23. The van der Waals surface area contributed by atoms with E-state index in [0.717, 1.165) is 13.0 Å². The molecule has 0 amide bonds. The van der Waals surface area contributed by atoms with E-state index in [4.69, 9.17) is 18.7 Å². The Morgan fingerprint density at radius 1 is 1.00 bits per heavy atom. The van der Waals surface area contributed by atoms with Crippen LogP contribution in [0.5, 0.6) is 0 Å². The van der Waals surface area contributed by atoms with Crippen LogP contribution in [0, 0.1) is 0 Å². The minimum atomic E-state index is -2.02. The molecule has 4 nitrogen and oxygen atoms in total. The standard InChI is InChI=1S/C9H22O4Si/c1-4-6-11-8-9-13-14(2,3)12-7-5-10/h10H,4-9H2,1-3H3. The average Bonchev–Trinajstić information content (AvgIpc) is 2.15. The lowest BCUT2D eigenvalue weighted by Crippen LogP contribution is -2.37. The molecule has 0 saturated carbocycles. The predicted octanol–water partition coefficient (Wildman–Crippen LogP) is 1.14. The summed E-state index contributed by atoms with van der Waals surface area (Å²) in [5, 5.41) is 8.59. The van der Waals surface area contributed by atoms with Crippen LogP contribution >= 0.6 is 0 Å². The maximum Gasteiger partial charge on any atom is 0.331 e. The van der Waals surface area contributed by atoms with E-state index < -0.39 is 8.56 Å². The largest absolute Gasteiger partial charge is 0.394 e. The second-order valence-corrected chi connectivity index (χ2v) is 6.81. The number of aliphatic hydroxyl groups excluding tert-OH is 1. The number of ether oxygens (including phenoxy) is 1. The predicted molar refractivity (Wildman–Crippen MR) is 57.6 cm³/mol. The monoisotopic (exact) mass is 222 g/mol. The second-order valence-electron chi connectivity index (χ2n) is 3.43. The molecule has 0 heterocycles. The Morgan fingerprint density at radius 2 is 1.64 bits per heavy atom. The highest BCUT2D eigenvalue weighted by atomic mass is 28.4. The smallest absolute Gasteiger partial charge is 0.331 e. The van der Waals surface area contributed by atoms with E-state index in [9.17, 15) is 0 Å². The molecule has 0 rings (SSSR count). The van der Waals surface area contributed by atoms with Gasteiger partial charge in [0.15, 0.2) is 0 Å². The van der Waals surface area contributed by atoms with Gasteiger partial charge in [-0.3, -0.25) is 0 Å². The maximum atomic E-state index is 8.59. The van der Waals surface area contributed by atoms with E-state index in [2.05, 4.69) is 6.92 Å². The summed E-state index contributed by atoms with van der Waals surface area (Å²) in [6.07, 6.45) is 1.03. The molecule has 14 heavy (non-hydrogen) atoms. The number of rotatable bonds is 9. The van der Waals surface area contributed by atoms with Crippen molar-refractivity contribution in [1.29, 1.82) is 0 Å². The quantitative estimate of drug-likeness (QED) is 0.469. The first-order valence-corrected chi connectivity index (χ1v) is 7.90. The molecular weight excluding hydrogens is 200 g/mol. The van der Waals surface area contributed by atoms with Crippen LogP contribution in [-0.2, 0) is 13.6 Å². The van der Waals surface area contributed by atoms with Crippen LogP contribution in [0.15, 0.2) is 0 Å². The van der Waals surface area contributed by atoms with Gasteiger partial charge < -0.3 is 18.7 Å². The molecule has 0 fully saturated rings. The van der Waals surface area contributed by atoms with Crippen molar-refractivity contribution in [2.24, 2.45) is 0 Å². The van der Waals surface area contributed by atoms with Crippen molar-refractivity contribution < 1.29 is 18.7 Å². The highest BCUT2D eigenvalue weighted by molar-refractivity contribution is 6.64. The molecule has 0 radical (unpaired) electrons. The summed E-state index contributed by atoms with van der Waals surface area (Å²) < 4.78 is 16.2. The maximum absolute atomic E-state index is 8.59. The molecule has 0 bridgehead atoms. The summed E-state index contributed by atoms with van der Waals surface area (Å²) in [5.41, 5.74) is 0. The molecule has 5 heteroatoms. The lowest BCUT2D eigenvalue weighted by molar-refractivity contribution is 0.0769. The molecule has 0 aromatic carbocycles. The minimum absolute atomic E-state index is 0.0477. The molecule has 1 N–H and O–H groups in total. The van der Waals surface area contributed by atoms with Gasteiger partial charge in [0.05, 0.1) is 26.4 Å². The third-order valence-corrected chi connectivity index (χ3v) is 3.37. The Labute approximate surface area is 87.4 Å². The highest BCUT2D eigenvalue weighted by Crippen LogP contribution is 2.05. The van der Waals surface area contributed by atoms with Gasteiger partial charge in [-0.2, -0.15) is 0 Å². The van der Waals surface area contributed by atoms with Gasteiger partial charge in [0.25, 0.3) is 0 Å².